The molecule has 0 aliphatic heterocycles. The summed E-state index contributed by atoms with van der Waals surface area (Å²) in [6.07, 6.45) is 2.03. The standard InChI is InChI=1S/C19H24N2O3S/c1-5-16-7-9-17(10-8-16)20-19(22)13-21(25(4,23)24)18-11-6-14(2)12-15(18)3/h6-12H,5,13H2,1-4H3,(H,20,22). The zero-order valence-corrected chi connectivity index (χ0v) is 15.9. The van der Waals surface area contributed by atoms with E-state index in [4.69, 9.17) is 0 Å². The van der Waals surface area contributed by atoms with Gasteiger partial charge in [0.05, 0.1) is 11.9 Å². The minimum Gasteiger partial charge on any atom is -0.325 e. The Hall–Kier alpha value is -2.34. The van der Waals surface area contributed by atoms with Gasteiger partial charge >= 0.3 is 0 Å². The van der Waals surface area contributed by atoms with Crippen molar-refractivity contribution < 1.29 is 13.2 Å². The van der Waals surface area contributed by atoms with Crippen molar-refractivity contribution >= 4 is 27.3 Å². The van der Waals surface area contributed by atoms with E-state index in [1.807, 2.05) is 50.2 Å². The number of benzene rings is 2. The van der Waals surface area contributed by atoms with Crippen molar-refractivity contribution in [1.82, 2.24) is 0 Å². The van der Waals surface area contributed by atoms with E-state index in [1.165, 1.54) is 5.56 Å². The molecular weight excluding hydrogens is 336 g/mol. The first-order valence-corrected chi connectivity index (χ1v) is 9.99. The molecule has 0 unspecified atom stereocenters. The lowest BCUT2D eigenvalue weighted by Gasteiger charge is -2.24. The van der Waals surface area contributed by atoms with Gasteiger partial charge in [-0.2, -0.15) is 0 Å². The number of hydrogen-bond donors (Lipinski definition) is 1. The fraction of sp³-hybridized carbons (Fsp3) is 0.316. The van der Waals surface area contributed by atoms with E-state index in [0.717, 1.165) is 28.1 Å². The molecule has 2 rings (SSSR count). The molecule has 1 N–H and O–H groups in total. The normalized spacial score (nSPS) is 11.2. The second-order valence-corrected chi connectivity index (χ2v) is 8.07. The lowest BCUT2D eigenvalue weighted by Crippen LogP contribution is -2.37. The number of sulfonamides is 1. The molecule has 0 saturated carbocycles. The molecular formula is C19H24N2O3S. The number of rotatable bonds is 6. The quantitative estimate of drug-likeness (QED) is 0.860. The van der Waals surface area contributed by atoms with Crippen LogP contribution in [-0.2, 0) is 21.2 Å². The van der Waals surface area contributed by atoms with Gasteiger partial charge in [0.2, 0.25) is 15.9 Å². The molecule has 0 heterocycles. The van der Waals surface area contributed by atoms with Crippen molar-refractivity contribution in [3.05, 3.63) is 59.2 Å². The summed E-state index contributed by atoms with van der Waals surface area (Å²) in [6, 6.07) is 13.0. The molecule has 6 heteroatoms. The summed E-state index contributed by atoms with van der Waals surface area (Å²) in [7, 11) is -3.58. The van der Waals surface area contributed by atoms with E-state index in [2.05, 4.69) is 12.2 Å². The second kappa shape index (κ2) is 7.70. The van der Waals surface area contributed by atoms with Gasteiger partial charge in [0.25, 0.3) is 0 Å². The maximum absolute atomic E-state index is 12.4. The first-order chi connectivity index (χ1) is 11.7. The van der Waals surface area contributed by atoms with E-state index >= 15 is 0 Å². The fourth-order valence-corrected chi connectivity index (χ4v) is 3.53. The summed E-state index contributed by atoms with van der Waals surface area (Å²) in [5.74, 6) is -0.380. The van der Waals surface area contributed by atoms with Crippen LogP contribution in [0, 0.1) is 13.8 Å². The van der Waals surface area contributed by atoms with E-state index in [9.17, 15) is 13.2 Å². The van der Waals surface area contributed by atoms with Gasteiger partial charge in [0, 0.05) is 5.69 Å². The molecule has 2 aromatic rings. The predicted octanol–water partition coefficient (Wildman–Crippen LogP) is 3.27. The molecule has 0 saturated heterocycles. The largest absolute Gasteiger partial charge is 0.325 e. The van der Waals surface area contributed by atoms with Crippen LogP contribution in [0.25, 0.3) is 0 Å². The van der Waals surface area contributed by atoms with Crippen LogP contribution in [0.3, 0.4) is 0 Å². The van der Waals surface area contributed by atoms with Gasteiger partial charge in [-0.3, -0.25) is 9.10 Å². The smallest absolute Gasteiger partial charge is 0.245 e. The van der Waals surface area contributed by atoms with Crippen LogP contribution in [0.2, 0.25) is 0 Å². The lowest BCUT2D eigenvalue weighted by molar-refractivity contribution is -0.114. The van der Waals surface area contributed by atoms with Crippen molar-refractivity contribution in [1.29, 1.82) is 0 Å². The van der Waals surface area contributed by atoms with Crippen molar-refractivity contribution in [2.45, 2.75) is 27.2 Å². The Balaban J connectivity index is 2.20. The predicted molar refractivity (Wildman–Crippen MR) is 103 cm³/mol. The number of nitrogens with zero attached hydrogens (tertiary/aromatic N) is 1. The summed E-state index contributed by atoms with van der Waals surface area (Å²) in [5, 5.41) is 2.75. The number of aryl methyl sites for hydroxylation is 3. The summed E-state index contributed by atoms with van der Waals surface area (Å²) >= 11 is 0. The van der Waals surface area contributed by atoms with Gasteiger partial charge in [-0.1, -0.05) is 36.8 Å². The Morgan fingerprint density at radius 1 is 1.08 bits per heavy atom. The van der Waals surface area contributed by atoms with E-state index < -0.39 is 10.0 Å². The first-order valence-electron chi connectivity index (χ1n) is 8.14. The molecule has 134 valence electrons. The van der Waals surface area contributed by atoms with E-state index in [-0.39, 0.29) is 12.5 Å². The molecule has 0 fully saturated rings. The number of nitrogens with one attached hydrogen (secondary N) is 1. The van der Waals surface area contributed by atoms with Crippen LogP contribution in [0.5, 0.6) is 0 Å². The maximum atomic E-state index is 12.4. The molecule has 0 atom stereocenters. The molecule has 5 nitrogen and oxygen atoms in total. The minimum atomic E-state index is -3.58. The Bertz CT molecular complexity index is 859. The van der Waals surface area contributed by atoms with E-state index in [0.29, 0.717) is 11.4 Å². The maximum Gasteiger partial charge on any atom is 0.245 e. The summed E-state index contributed by atoms with van der Waals surface area (Å²) < 4.78 is 25.5. The van der Waals surface area contributed by atoms with Crippen LogP contribution in [0.4, 0.5) is 11.4 Å². The van der Waals surface area contributed by atoms with Gasteiger partial charge in [0.1, 0.15) is 6.54 Å². The average Bonchev–Trinajstić information content (AvgIpc) is 2.53. The van der Waals surface area contributed by atoms with Crippen LogP contribution in [0.1, 0.15) is 23.6 Å². The highest BCUT2D eigenvalue weighted by Crippen LogP contribution is 2.23. The lowest BCUT2D eigenvalue weighted by atomic mass is 10.1. The van der Waals surface area contributed by atoms with Crippen LogP contribution >= 0.6 is 0 Å². The molecule has 1 amide bonds. The second-order valence-electron chi connectivity index (χ2n) is 6.16. The van der Waals surface area contributed by atoms with Crippen LogP contribution in [0.15, 0.2) is 42.5 Å². The Labute approximate surface area is 149 Å². The van der Waals surface area contributed by atoms with Crippen molar-refractivity contribution in [3.63, 3.8) is 0 Å². The third kappa shape index (κ3) is 5.06. The van der Waals surface area contributed by atoms with Crippen LogP contribution < -0.4 is 9.62 Å². The van der Waals surface area contributed by atoms with Crippen LogP contribution in [-0.4, -0.2) is 27.1 Å². The zero-order valence-electron chi connectivity index (χ0n) is 15.0. The van der Waals surface area contributed by atoms with E-state index in [1.54, 1.807) is 6.07 Å². The van der Waals surface area contributed by atoms with Gasteiger partial charge in [-0.15, -0.1) is 0 Å². The molecule has 0 bridgehead atoms. The highest BCUT2D eigenvalue weighted by Gasteiger charge is 2.22. The van der Waals surface area contributed by atoms with Crippen molar-refractivity contribution in [2.24, 2.45) is 0 Å². The number of hydrogen-bond acceptors (Lipinski definition) is 3. The number of anilines is 2. The number of amides is 1. The third-order valence-electron chi connectivity index (χ3n) is 3.95. The Kier molecular flexibility index (Phi) is 5.85. The number of carbonyl (C=O) groups is 1. The molecule has 0 aliphatic carbocycles. The van der Waals surface area contributed by atoms with Gasteiger partial charge in [-0.25, -0.2) is 8.42 Å². The molecule has 0 radical (unpaired) electrons. The molecule has 0 aliphatic rings. The summed E-state index contributed by atoms with van der Waals surface area (Å²) in [4.78, 5) is 12.4. The molecule has 0 aromatic heterocycles. The van der Waals surface area contributed by atoms with Gasteiger partial charge < -0.3 is 5.32 Å². The SMILES string of the molecule is CCc1ccc(NC(=O)CN(c2ccc(C)cc2C)S(C)(=O)=O)cc1. The zero-order chi connectivity index (χ0) is 18.6. The summed E-state index contributed by atoms with van der Waals surface area (Å²) in [5.41, 5.74) is 4.19. The highest BCUT2D eigenvalue weighted by atomic mass is 32.2. The summed E-state index contributed by atoms with van der Waals surface area (Å²) in [6.45, 7) is 5.57. The monoisotopic (exact) mass is 360 g/mol. The van der Waals surface area contributed by atoms with Gasteiger partial charge in [0.15, 0.2) is 0 Å². The topological polar surface area (TPSA) is 66.5 Å². The molecule has 0 spiro atoms. The molecule has 2 aromatic carbocycles. The fourth-order valence-electron chi connectivity index (χ4n) is 2.62. The van der Waals surface area contributed by atoms with Crippen molar-refractivity contribution in [2.75, 3.05) is 22.4 Å². The Morgan fingerprint density at radius 3 is 2.24 bits per heavy atom. The third-order valence-corrected chi connectivity index (χ3v) is 5.08. The molecule has 25 heavy (non-hydrogen) atoms. The minimum absolute atomic E-state index is 0.266. The Morgan fingerprint density at radius 2 is 1.72 bits per heavy atom. The average molecular weight is 360 g/mol. The van der Waals surface area contributed by atoms with Gasteiger partial charge in [-0.05, 0) is 49.6 Å². The number of carbonyl (C=O) groups excluding carboxylic acids is 1. The van der Waals surface area contributed by atoms with Crippen molar-refractivity contribution in [3.8, 4) is 0 Å². The first kappa shape index (κ1) is 19.0. The highest BCUT2D eigenvalue weighted by molar-refractivity contribution is 7.92.